The molecule has 0 saturated carbocycles. The van der Waals surface area contributed by atoms with Crippen molar-refractivity contribution in [2.75, 3.05) is 0 Å². The van der Waals surface area contributed by atoms with Gasteiger partial charge >= 0.3 is 0 Å². The summed E-state index contributed by atoms with van der Waals surface area (Å²) in [7, 11) is -2.79. The van der Waals surface area contributed by atoms with E-state index in [-0.39, 0.29) is 0 Å². The van der Waals surface area contributed by atoms with Crippen LogP contribution in [0.4, 0.5) is 0 Å². The molecule has 0 spiro atoms. The molecule has 12 aromatic carbocycles. The molecule has 0 unspecified atom stereocenters. The Labute approximate surface area is 445 Å². The van der Waals surface area contributed by atoms with Crippen molar-refractivity contribution >= 4 is 116 Å². The van der Waals surface area contributed by atoms with Gasteiger partial charge in [0, 0.05) is 60.2 Å². The van der Waals surface area contributed by atoms with Crippen LogP contribution in [0.5, 0.6) is 0 Å². The fourth-order valence-electron chi connectivity index (χ4n) is 13.0. The quantitative estimate of drug-likeness (QED) is 0.110. The normalized spacial score (nSPS) is 12.2. The zero-order valence-electron chi connectivity index (χ0n) is 41.9. The molecular weight excluding hydrogens is 951 g/mol. The van der Waals surface area contributed by atoms with E-state index in [1.54, 1.807) is 0 Å². The minimum Gasteiger partial charge on any atom is -0.456 e. The second-order valence-corrected chi connectivity index (χ2v) is 24.2. The summed E-state index contributed by atoms with van der Waals surface area (Å²) < 4.78 is 13.7. The molecule has 0 N–H and O–H groups in total. The van der Waals surface area contributed by atoms with Crippen LogP contribution in [0.1, 0.15) is 0 Å². The molecular formula is C72H47N3OSi. The van der Waals surface area contributed by atoms with E-state index in [0.29, 0.717) is 0 Å². The minimum atomic E-state index is -2.79. The van der Waals surface area contributed by atoms with Crippen LogP contribution in [0.2, 0.25) is 0 Å². The van der Waals surface area contributed by atoms with Crippen LogP contribution in [0, 0.1) is 0 Å². The fraction of sp³-hybridized carbons (Fsp3) is 0. The van der Waals surface area contributed by atoms with Crippen LogP contribution in [-0.2, 0) is 0 Å². The predicted octanol–water partition coefficient (Wildman–Crippen LogP) is 15.9. The Balaban J connectivity index is 0.909. The Morgan fingerprint density at radius 3 is 1.13 bits per heavy atom. The Hall–Kier alpha value is -9.94. The van der Waals surface area contributed by atoms with Gasteiger partial charge in [-0.05, 0) is 129 Å². The Bertz CT molecular complexity index is 4840. The minimum absolute atomic E-state index is 0.898. The SMILES string of the molecule is c1ccc([Si](c2ccccc2)(c2ccccc2)c2cccc(-n3c4ccccc4c4cc(-n5c6ccc(-c7ccc8oc9ccccc9c8c7)cc6c6cc(-n7c8ccccc8c8ccccc87)ccc65)ccc43)c2)cc1. The molecule has 0 atom stereocenters. The molecule has 16 rings (SSSR count). The third kappa shape index (κ3) is 6.51. The van der Waals surface area contributed by atoms with E-state index in [1.165, 1.54) is 69.6 Å². The average molecular weight is 998 g/mol. The van der Waals surface area contributed by atoms with Crippen LogP contribution < -0.4 is 20.7 Å². The number of para-hydroxylation sites is 4. The third-order valence-corrected chi connectivity index (χ3v) is 21.1. The molecule has 4 nitrogen and oxygen atoms in total. The summed E-state index contributed by atoms with van der Waals surface area (Å²) in [4.78, 5) is 0. The number of hydrogen-bond acceptors (Lipinski definition) is 1. The fourth-order valence-corrected chi connectivity index (χ4v) is 17.8. The summed E-state index contributed by atoms with van der Waals surface area (Å²) in [5.74, 6) is 0. The first-order chi connectivity index (χ1) is 38.2. The van der Waals surface area contributed by atoms with Gasteiger partial charge in [-0.15, -0.1) is 0 Å². The molecule has 0 bridgehead atoms. The molecule has 4 aromatic heterocycles. The van der Waals surface area contributed by atoms with E-state index in [1.807, 2.05) is 12.1 Å². The van der Waals surface area contributed by atoms with Gasteiger partial charge in [0.1, 0.15) is 11.2 Å². The number of nitrogens with zero attached hydrogens (tertiary/aromatic N) is 3. The molecule has 360 valence electrons. The first-order valence-corrected chi connectivity index (χ1v) is 28.5. The van der Waals surface area contributed by atoms with Crippen molar-refractivity contribution in [3.8, 4) is 28.2 Å². The maximum Gasteiger partial charge on any atom is 0.179 e. The van der Waals surface area contributed by atoms with Crippen molar-refractivity contribution < 1.29 is 4.42 Å². The van der Waals surface area contributed by atoms with E-state index >= 15 is 0 Å². The molecule has 0 amide bonds. The van der Waals surface area contributed by atoms with Gasteiger partial charge in [-0.1, -0.05) is 188 Å². The van der Waals surface area contributed by atoms with Crippen molar-refractivity contribution in [1.82, 2.24) is 13.7 Å². The lowest BCUT2D eigenvalue weighted by molar-refractivity contribution is 0.669. The lowest BCUT2D eigenvalue weighted by Gasteiger charge is -2.34. The monoisotopic (exact) mass is 997 g/mol. The van der Waals surface area contributed by atoms with Gasteiger partial charge in [0.25, 0.3) is 0 Å². The molecule has 0 fully saturated rings. The summed E-state index contributed by atoms with van der Waals surface area (Å²) in [5.41, 5.74) is 14.5. The second kappa shape index (κ2) is 17.0. The van der Waals surface area contributed by atoms with E-state index in [4.69, 9.17) is 4.42 Å². The van der Waals surface area contributed by atoms with Gasteiger partial charge in [-0.2, -0.15) is 0 Å². The lowest BCUT2D eigenvalue weighted by atomic mass is 10.0. The van der Waals surface area contributed by atoms with Crippen LogP contribution in [-0.4, -0.2) is 21.8 Å². The molecule has 0 aliphatic rings. The number of hydrogen-bond donors (Lipinski definition) is 0. The number of aromatic nitrogens is 3. The Morgan fingerprint density at radius 1 is 0.221 bits per heavy atom. The van der Waals surface area contributed by atoms with Crippen molar-refractivity contribution in [2.24, 2.45) is 0 Å². The first kappa shape index (κ1) is 43.5. The summed E-state index contributed by atoms with van der Waals surface area (Å²) >= 11 is 0. The maximum atomic E-state index is 6.28. The van der Waals surface area contributed by atoms with E-state index in [0.717, 1.165) is 66.7 Å². The zero-order chi connectivity index (χ0) is 50.6. The molecule has 5 heteroatoms. The molecule has 16 aromatic rings. The zero-order valence-corrected chi connectivity index (χ0v) is 42.9. The summed E-state index contributed by atoms with van der Waals surface area (Å²) in [6.07, 6.45) is 0. The van der Waals surface area contributed by atoms with Gasteiger partial charge in [0.05, 0.1) is 33.1 Å². The largest absolute Gasteiger partial charge is 0.456 e. The van der Waals surface area contributed by atoms with E-state index in [2.05, 4.69) is 287 Å². The Morgan fingerprint density at radius 2 is 0.584 bits per heavy atom. The van der Waals surface area contributed by atoms with Gasteiger partial charge < -0.3 is 18.1 Å². The highest BCUT2D eigenvalue weighted by Gasteiger charge is 2.41. The summed E-state index contributed by atoms with van der Waals surface area (Å²) in [6, 6.07) is 106. The maximum absolute atomic E-state index is 6.28. The van der Waals surface area contributed by atoms with E-state index in [9.17, 15) is 0 Å². The van der Waals surface area contributed by atoms with Crippen molar-refractivity contribution in [3.05, 3.63) is 285 Å². The highest BCUT2D eigenvalue weighted by atomic mass is 28.3. The van der Waals surface area contributed by atoms with E-state index < -0.39 is 8.07 Å². The molecule has 77 heavy (non-hydrogen) atoms. The predicted molar refractivity (Wildman–Crippen MR) is 326 cm³/mol. The second-order valence-electron chi connectivity index (χ2n) is 20.4. The van der Waals surface area contributed by atoms with Gasteiger partial charge in [-0.25, -0.2) is 0 Å². The third-order valence-electron chi connectivity index (χ3n) is 16.4. The smallest absolute Gasteiger partial charge is 0.179 e. The molecule has 0 radical (unpaired) electrons. The van der Waals surface area contributed by atoms with Crippen molar-refractivity contribution in [2.45, 2.75) is 0 Å². The van der Waals surface area contributed by atoms with Gasteiger partial charge in [0.2, 0.25) is 0 Å². The standard InChI is InChI=1S/C72H47N3OSi/c1-4-20-53(21-5-1)77(54-22-6-2-7-23-54,55-24-8-3-9-25-55)56-26-18-19-50(45-56)73-67-33-16-12-29-59(67)62-46-51(37-40-69(62)73)75-68-39-35-48(49-36-42-72-64(44-49)60-30-13-17-34-71(60)76-72)43-61(68)63-47-52(38-41-70(63)75)74-65-31-14-10-27-57(65)58-28-11-15-32-66(58)74/h1-47H. The molecule has 0 saturated heterocycles. The average Bonchev–Trinajstić information content (AvgIpc) is 4.44. The molecule has 0 aliphatic carbocycles. The van der Waals surface area contributed by atoms with Crippen LogP contribution in [0.25, 0.3) is 116 Å². The number of benzene rings is 12. The summed E-state index contributed by atoms with van der Waals surface area (Å²) in [6.45, 7) is 0. The highest BCUT2D eigenvalue weighted by Crippen LogP contribution is 2.41. The lowest BCUT2D eigenvalue weighted by Crippen LogP contribution is -2.74. The Kier molecular flexibility index (Phi) is 9.62. The van der Waals surface area contributed by atoms with Crippen LogP contribution in [0.15, 0.2) is 290 Å². The van der Waals surface area contributed by atoms with Crippen LogP contribution >= 0.6 is 0 Å². The molecule has 0 aliphatic heterocycles. The summed E-state index contributed by atoms with van der Waals surface area (Å²) in [5, 5.41) is 15.0. The number of fused-ring (bicyclic) bond motifs is 12. The van der Waals surface area contributed by atoms with Crippen molar-refractivity contribution in [1.29, 1.82) is 0 Å². The van der Waals surface area contributed by atoms with Crippen molar-refractivity contribution in [3.63, 3.8) is 0 Å². The molecule has 4 heterocycles. The van der Waals surface area contributed by atoms with Gasteiger partial charge in [-0.3, -0.25) is 0 Å². The highest BCUT2D eigenvalue weighted by molar-refractivity contribution is 7.19. The number of rotatable bonds is 8. The first-order valence-electron chi connectivity index (χ1n) is 26.5. The van der Waals surface area contributed by atoms with Gasteiger partial charge in [0.15, 0.2) is 8.07 Å². The van der Waals surface area contributed by atoms with Crippen LogP contribution in [0.3, 0.4) is 0 Å². The number of furan rings is 1. The topological polar surface area (TPSA) is 27.9 Å².